The molecule has 1 aromatic carbocycles. The van der Waals surface area contributed by atoms with Crippen LogP contribution in [0.5, 0.6) is 0 Å². The number of amides is 1. The predicted molar refractivity (Wildman–Crippen MR) is 89.4 cm³/mol. The van der Waals surface area contributed by atoms with Crippen molar-refractivity contribution < 1.29 is 14.6 Å². The van der Waals surface area contributed by atoms with Crippen molar-refractivity contribution in [1.82, 2.24) is 4.90 Å². The number of hydrogen-bond acceptors (Lipinski definition) is 4. The maximum Gasteiger partial charge on any atom is 0.416 e. The molecule has 5 nitrogen and oxygen atoms in total. The van der Waals surface area contributed by atoms with Crippen molar-refractivity contribution in [2.75, 3.05) is 19.7 Å². The first-order valence-electron chi connectivity index (χ1n) is 7.66. The quantitative estimate of drug-likeness (QED) is 0.810. The molecule has 2 rings (SSSR count). The molecule has 0 saturated heterocycles. The highest BCUT2D eigenvalue weighted by molar-refractivity contribution is 6.06. The zero-order chi connectivity index (χ0) is 16.9. The SMILES string of the molecule is CC(C)(C)OC(=O)N1CCCN=C1c1ccc(C#CCO)cc1. The van der Waals surface area contributed by atoms with E-state index in [0.717, 1.165) is 17.5 Å². The van der Waals surface area contributed by atoms with Gasteiger partial charge in [0.1, 0.15) is 18.0 Å². The second-order valence-corrected chi connectivity index (χ2v) is 6.23. The summed E-state index contributed by atoms with van der Waals surface area (Å²) >= 11 is 0. The fraction of sp³-hybridized carbons (Fsp3) is 0.444. The highest BCUT2D eigenvalue weighted by Gasteiger charge is 2.27. The van der Waals surface area contributed by atoms with Gasteiger partial charge in [0.15, 0.2) is 0 Å². The summed E-state index contributed by atoms with van der Waals surface area (Å²) in [5, 5.41) is 8.72. The van der Waals surface area contributed by atoms with Gasteiger partial charge in [-0.3, -0.25) is 9.89 Å². The van der Waals surface area contributed by atoms with Crippen molar-refractivity contribution in [3.05, 3.63) is 35.4 Å². The van der Waals surface area contributed by atoms with E-state index in [2.05, 4.69) is 16.8 Å². The number of hydrogen-bond donors (Lipinski definition) is 1. The van der Waals surface area contributed by atoms with E-state index in [4.69, 9.17) is 9.84 Å². The summed E-state index contributed by atoms with van der Waals surface area (Å²) in [6.45, 7) is 6.67. The van der Waals surface area contributed by atoms with Crippen LogP contribution in [0.15, 0.2) is 29.3 Å². The molecule has 1 aromatic rings. The minimum atomic E-state index is -0.538. The molecule has 1 heterocycles. The van der Waals surface area contributed by atoms with Crippen LogP contribution in [-0.4, -0.2) is 47.2 Å². The lowest BCUT2D eigenvalue weighted by Crippen LogP contribution is -2.44. The Morgan fingerprint density at radius 1 is 1.35 bits per heavy atom. The lowest BCUT2D eigenvalue weighted by Gasteiger charge is -2.30. The smallest absolute Gasteiger partial charge is 0.416 e. The molecule has 0 bridgehead atoms. The standard InChI is InChI=1S/C18H22N2O3/c1-18(2,3)23-17(22)20-12-5-11-19-16(20)15-9-7-14(8-10-15)6-4-13-21/h7-10,21H,5,11-13H2,1-3H3. The third-order valence-electron chi connectivity index (χ3n) is 3.13. The maximum atomic E-state index is 12.4. The average Bonchev–Trinajstić information content (AvgIpc) is 2.52. The van der Waals surface area contributed by atoms with Gasteiger partial charge in [0.05, 0.1) is 0 Å². The van der Waals surface area contributed by atoms with Gasteiger partial charge in [0.25, 0.3) is 0 Å². The molecule has 1 aliphatic heterocycles. The summed E-state index contributed by atoms with van der Waals surface area (Å²) in [4.78, 5) is 18.5. The Bertz CT molecular complexity index is 646. The average molecular weight is 314 g/mol. The number of aliphatic hydroxyl groups excluding tert-OH is 1. The Morgan fingerprint density at radius 2 is 2.04 bits per heavy atom. The van der Waals surface area contributed by atoms with Crippen molar-refractivity contribution >= 4 is 11.9 Å². The fourth-order valence-corrected chi connectivity index (χ4v) is 2.19. The first-order chi connectivity index (χ1) is 10.9. The van der Waals surface area contributed by atoms with E-state index in [1.54, 1.807) is 4.90 Å². The Labute approximate surface area is 137 Å². The Hall–Kier alpha value is -2.32. The van der Waals surface area contributed by atoms with E-state index in [1.807, 2.05) is 45.0 Å². The highest BCUT2D eigenvalue weighted by atomic mass is 16.6. The maximum absolute atomic E-state index is 12.4. The predicted octanol–water partition coefficient (Wildman–Crippen LogP) is 2.42. The molecule has 1 amide bonds. The lowest BCUT2D eigenvalue weighted by atomic mass is 10.1. The van der Waals surface area contributed by atoms with Crippen LogP contribution in [0.4, 0.5) is 4.79 Å². The minimum absolute atomic E-state index is 0.166. The van der Waals surface area contributed by atoms with E-state index in [-0.39, 0.29) is 12.7 Å². The summed E-state index contributed by atoms with van der Waals surface area (Å²) in [5.41, 5.74) is 1.12. The van der Waals surface area contributed by atoms with Gasteiger partial charge < -0.3 is 9.84 Å². The summed E-state index contributed by atoms with van der Waals surface area (Å²) in [7, 11) is 0. The molecule has 23 heavy (non-hydrogen) atoms. The van der Waals surface area contributed by atoms with E-state index >= 15 is 0 Å². The summed E-state index contributed by atoms with van der Waals surface area (Å²) < 4.78 is 5.46. The molecule has 0 radical (unpaired) electrons. The van der Waals surface area contributed by atoms with Gasteiger partial charge in [-0.15, -0.1) is 0 Å². The molecule has 1 aliphatic rings. The van der Waals surface area contributed by atoms with E-state index < -0.39 is 5.60 Å². The second kappa shape index (κ2) is 7.30. The van der Waals surface area contributed by atoms with Crippen molar-refractivity contribution in [2.24, 2.45) is 4.99 Å². The van der Waals surface area contributed by atoms with E-state index in [9.17, 15) is 4.79 Å². The Kier molecular flexibility index (Phi) is 5.41. The van der Waals surface area contributed by atoms with Gasteiger partial charge >= 0.3 is 6.09 Å². The largest absolute Gasteiger partial charge is 0.443 e. The summed E-state index contributed by atoms with van der Waals surface area (Å²) in [6.07, 6.45) is 0.447. The molecule has 0 spiro atoms. The fourth-order valence-electron chi connectivity index (χ4n) is 2.19. The van der Waals surface area contributed by atoms with Crippen LogP contribution in [0, 0.1) is 11.8 Å². The van der Waals surface area contributed by atoms with Crippen LogP contribution in [-0.2, 0) is 4.74 Å². The first-order valence-corrected chi connectivity index (χ1v) is 7.66. The van der Waals surface area contributed by atoms with Crippen molar-refractivity contribution in [2.45, 2.75) is 32.8 Å². The number of ether oxygens (including phenoxy) is 1. The van der Waals surface area contributed by atoms with Crippen molar-refractivity contribution in [3.8, 4) is 11.8 Å². The van der Waals surface area contributed by atoms with E-state index in [1.165, 1.54) is 0 Å². The number of aliphatic imine (C=N–C) groups is 1. The highest BCUT2D eigenvalue weighted by Crippen LogP contribution is 2.17. The second-order valence-electron chi connectivity index (χ2n) is 6.23. The number of nitrogens with zero attached hydrogens (tertiary/aromatic N) is 2. The topological polar surface area (TPSA) is 62.1 Å². The van der Waals surface area contributed by atoms with Crippen molar-refractivity contribution in [1.29, 1.82) is 0 Å². The number of amidine groups is 1. The zero-order valence-corrected chi connectivity index (χ0v) is 13.8. The molecule has 0 saturated carbocycles. The van der Waals surface area contributed by atoms with Gasteiger partial charge in [0.2, 0.25) is 0 Å². The number of aliphatic hydroxyl groups is 1. The normalized spacial score (nSPS) is 14.6. The Balaban J connectivity index is 2.21. The molecule has 0 aromatic heterocycles. The van der Waals surface area contributed by atoms with Gasteiger partial charge in [-0.25, -0.2) is 4.79 Å². The number of carbonyl (C=O) groups is 1. The molecule has 0 aliphatic carbocycles. The molecule has 0 unspecified atom stereocenters. The number of carbonyl (C=O) groups excluding carboxylic acids is 1. The first kappa shape index (κ1) is 17.0. The number of rotatable bonds is 1. The van der Waals surface area contributed by atoms with Crippen LogP contribution < -0.4 is 0 Å². The van der Waals surface area contributed by atoms with E-state index in [0.29, 0.717) is 18.9 Å². The molecule has 0 fully saturated rings. The molecule has 5 heteroatoms. The summed E-state index contributed by atoms with van der Waals surface area (Å²) in [6, 6.07) is 7.45. The van der Waals surface area contributed by atoms with Gasteiger partial charge in [-0.1, -0.05) is 24.0 Å². The zero-order valence-electron chi connectivity index (χ0n) is 13.8. The minimum Gasteiger partial charge on any atom is -0.443 e. The third kappa shape index (κ3) is 4.83. The number of benzene rings is 1. The van der Waals surface area contributed by atoms with Crippen LogP contribution in [0.3, 0.4) is 0 Å². The summed E-state index contributed by atoms with van der Waals surface area (Å²) in [5.74, 6) is 6.08. The molecule has 0 atom stereocenters. The molecular weight excluding hydrogens is 292 g/mol. The van der Waals surface area contributed by atoms with Crippen LogP contribution in [0.1, 0.15) is 38.3 Å². The van der Waals surface area contributed by atoms with Crippen LogP contribution >= 0.6 is 0 Å². The molecular formula is C18H22N2O3. The van der Waals surface area contributed by atoms with Gasteiger partial charge in [0, 0.05) is 24.2 Å². The van der Waals surface area contributed by atoms with Gasteiger partial charge in [-0.05, 0) is 39.3 Å². The Morgan fingerprint density at radius 3 is 2.65 bits per heavy atom. The van der Waals surface area contributed by atoms with Crippen molar-refractivity contribution in [3.63, 3.8) is 0 Å². The molecule has 1 N–H and O–H groups in total. The lowest BCUT2D eigenvalue weighted by molar-refractivity contribution is 0.0364. The monoisotopic (exact) mass is 314 g/mol. The van der Waals surface area contributed by atoms with Gasteiger partial charge in [-0.2, -0.15) is 0 Å². The third-order valence-corrected chi connectivity index (χ3v) is 3.13. The van der Waals surface area contributed by atoms with Crippen LogP contribution in [0.2, 0.25) is 0 Å². The molecule has 122 valence electrons. The van der Waals surface area contributed by atoms with Crippen LogP contribution in [0.25, 0.3) is 0 Å².